The van der Waals surface area contributed by atoms with E-state index in [4.69, 9.17) is 16.3 Å². The molecule has 1 fully saturated rings. The first-order chi connectivity index (χ1) is 5.74. The van der Waals surface area contributed by atoms with E-state index in [1.54, 1.807) is 0 Å². The second kappa shape index (κ2) is 4.70. The fraction of sp³-hybridized carbons (Fsp3) is 0.889. The standard InChI is InChI=1S/C9H15ClO2/c1-2-8(10)9(11)12-7-5-3-4-6-7/h7-8H,2-6H2,1H3. The monoisotopic (exact) mass is 190 g/mol. The topological polar surface area (TPSA) is 26.3 Å². The Hall–Kier alpha value is -0.240. The molecule has 0 spiro atoms. The van der Waals surface area contributed by atoms with Crippen LogP contribution < -0.4 is 0 Å². The number of carbonyl (C=O) groups is 1. The summed E-state index contributed by atoms with van der Waals surface area (Å²) in [7, 11) is 0. The van der Waals surface area contributed by atoms with Crippen LogP contribution in [0.15, 0.2) is 0 Å². The fourth-order valence-corrected chi connectivity index (χ4v) is 1.46. The van der Waals surface area contributed by atoms with Crippen LogP contribution in [0.4, 0.5) is 0 Å². The van der Waals surface area contributed by atoms with Gasteiger partial charge in [0.25, 0.3) is 0 Å². The molecule has 0 aromatic carbocycles. The predicted octanol–water partition coefficient (Wildman–Crippen LogP) is 2.49. The summed E-state index contributed by atoms with van der Waals surface area (Å²) in [6.45, 7) is 1.88. The predicted molar refractivity (Wildman–Crippen MR) is 48.3 cm³/mol. The normalized spacial score (nSPS) is 20.8. The van der Waals surface area contributed by atoms with Crippen molar-refractivity contribution in [3.8, 4) is 0 Å². The molecule has 1 saturated carbocycles. The van der Waals surface area contributed by atoms with Gasteiger partial charge in [0.05, 0.1) is 0 Å². The molecule has 0 N–H and O–H groups in total. The van der Waals surface area contributed by atoms with E-state index in [1.807, 2.05) is 6.92 Å². The van der Waals surface area contributed by atoms with E-state index in [-0.39, 0.29) is 12.1 Å². The lowest BCUT2D eigenvalue weighted by Crippen LogP contribution is -2.22. The summed E-state index contributed by atoms with van der Waals surface area (Å²) in [5.41, 5.74) is 0. The second-order valence-electron chi connectivity index (χ2n) is 3.22. The third kappa shape index (κ3) is 2.67. The summed E-state index contributed by atoms with van der Waals surface area (Å²) in [4.78, 5) is 11.2. The molecule has 1 aliphatic rings. The highest BCUT2D eigenvalue weighted by Crippen LogP contribution is 2.22. The first-order valence-electron chi connectivity index (χ1n) is 4.58. The van der Waals surface area contributed by atoms with Gasteiger partial charge in [-0.2, -0.15) is 0 Å². The lowest BCUT2D eigenvalue weighted by Gasteiger charge is -2.13. The Kier molecular flexibility index (Phi) is 3.86. The summed E-state index contributed by atoms with van der Waals surface area (Å²) >= 11 is 5.72. The van der Waals surface area contributed by atoms with Crippen molar-refractivity contribution in [2.75, 3.05) is 0 Å². The molecule has 70 valence electrons. The van der Waals surface area contributed by atoms with E-state index in [0.717, 1.165) is 12.8 Å². The van der Waals surface area contributed by atoms with Crippen molar-refractivity contribution in [2.24, 2.45) is 0 Å². The molecule has 0 aliphatic heterocycles. The van der Waals surface area contributed by atoms with Gasteiger partial charge in [0.15, 0.2) is 0 Å². The molecule has 0 bridgehead atoms. The molecule has 2 nitrogen and oxygen atoms in total. The highest BCUT2D eigenvalue weighted by atomic mass is 35.5. The number of halogens is 1. The molecule has 1 rings (SSSR count). The van der Waals surface area contributed by atoms with Crippen molar-refractivity contribution in [3.63, 3.8) is 0 Å². The quantitative estimate of drug-likeness (QED) is 0.505. The molecule has 0 radical (unpaired) electrons. The summed E-state index contributed by atoms with van der Waals surface area (Å²) in [5, 5.41) is -0.453. The van der Waals surface area contributed by atoms with Crippen LogP contribution in [0.3, 0.4) is 0 Å². The first-order valence-corrected chi connectivity index (χ1v) is 5.02. The number of esters is 1. The van der Waals surface area contributed by atoms with E-state index in [9.17, 15) is 4.79 Å². The number of alkyl halides is 1. The van der Waals surface area contributed by atoms with Gasteiger partial charge < -0.3 is 4.74 Å². The SMILES string of the molecule is CCC(Cl)C(=O)OC1CCCC1. The smallest absolute Gasteiger partial charge is 0.324 e. The van der Waals surface area contributed by atoms with Crippen molar-refractivity contribution in [2.45, 2.75) is 50.5 Å². The molecular weight excluding hydrogens is 176 g/mol. The minimum atomic E-state index is -0.453. The molecule has 12 heavy (non-hydrogen) atoms. The van der Waals surface area contributed by atoms with Gasteiger partial charge in [-0.25, -0.2) is 0 Å². The van der Waals surface area contributed by atoms with Gasteiger partial charge in [-0.3, -0.25) is 4.79 Å². The lowest BCUT2D eigenvalue weighted by molar-refractivity contribution is -0.148. The lowest BCUT2D eigenvalue weighted by atomic mass is 10.3. The average Bonchev–Trinajstić information content (AvgIpc) is 2.55. The van der Waals surface area contributed by atoms with Gasteiger partial charge in [0, 0.05) is 0 Å². The molecule has 0 aromatic rings. The Balaban J connectivity index is 2.25. The molecule has 0 saturated heterocycles. The largest absolute Gasteiger partial charge is 0.461 e. The maximum Gasteiger partial charge on any atom is 0.324 e. The summed E-state index contributed by atoms with van der Waals surface area (Å²) in [5.74, 6) is -0.244. The Morgan fingerprint density at radius 1 is 1.58 bits per heavy atom. The van der Waals surface area contributed by atoms with E-state index in [1.165, 1.54) is 12.8 Å². The molecule has 0 aromatic heterocycles. The van der Waals surface area contributed by atoms with E-state index >= 15 is 0 Å². The third-order valence-corrected chi connectivity index (χ3v) is 2.69. The van der Waals surface area contributed by atoms with Gasteiger partial charge >= 0.3 is 5.97 Å². The van der Waals surface area contributed by atoms with Crippen LogP contribution in [-0.2, 0) is 9.53 Å². The minimum Gasteiger partial charge on any atom is -0.461 e. The van der Waals surface area contributed by atoms with E-state index in [2.05, 4.69) is 0 Å². The average molecular weight is 191 g/mol. The molecular formula is C9H15ClO2. The summed E-state index contributed by atoms with van der Waals surface area (Å²) in [6, 6.07) is 0. The van der Waals surface area contributed by atoms with Crippen LogP contribution in [-0.4, -0.2) is 17.5 Å². The number of carbonyl (C=O) groups excluding carboxylic acids is 1. The zero-order valence-corrected chi connectivity index (χ0v) is 8.14. The second-order valence-corrected chi connectivity index (χ2v) is 3.75. The highest BCUT2D eigenvalue weighted by molar-refractivity contribution is 6.29. The van der Waals surface area contributed by atoms with E-state index < -0.39 is 5.38 Å². The molecule has 1 atom stereocenters. The fourth-order valence-electron chi connectivity index (χ4n) is 1.41. The Labute approximate surface area is 78.2 Å². The molecule has 0 amide bonds. The van der Waals surface area contributed by atoms with Crippen LogP contribution in [0.5, 0.6) is 0 Å². The minimum absolute atomic E-state index is 0.144. The van der Waals surface area contributed by atoms with Gasteiger partial charge in [-0.1, -0.05) is 6.92 Å². The molecule has 3 heteroatoms. The first kappa shape index (κ1) is 9.85. The number of rotatable bonds is 3. The maximum atomic E-state index is 11.2. The van der Waals surface area contributed by atoms with Crippen molar-refractivity contribution in [1.82, 2.24) is 0 Å². The summed E-state index contributed by atoms with van der Waals surface area (Å²) in [6.07, 6.45) is 5.17. The number of hydrogen-bond acceptors (Lipinski definition) is 2. The van der Waals surface area contributed by atoms with Gasteiger partial charge in [0.2, 0.25) is 0 Å². The van der Waals surface area contributed by atoms with Gasteiger partial charge in [-0.05, 0) is 32.1 Å². The Morgan fingerprint density at radius 2 is 2.17 bits per heavy atom. The number of ether oxygens (including phenoxy) is 1. The molecule has 0 heterocycles. The van der Waals surface area contributed by atoms with Crippen molar-refractivity contribution in [1.29, 1.82) is 0 Å². The molecule has 1 aliphatic carbocycles. The van der Waals surface area contributed by atoms with Crippen LogP contribution in [0.25, 0.3) is 0 Å². The van der Waals surface area contributed by atoms with E-state index in [0.29, 0.717) is 6.42 Å². The van der Waals surface area contributed by atoms with Crippen LogP contribution in [0.2, 0.25) is 0 Å². The number of hydrogen-bond donors (Lipinski definition) is 0. The Bertz CT molecular complexity index is 153. The maximum absolute atomic E-state index is 11.2. The summed E-state index contributed by atoms with van der Waals surface area (Å²) < 4.78 is 5.19. The van der Waals surface area contributed by atoms with Gasteiger partial charge in [0.1, 0.15) is 11.5 Å². The molecule has 1 unspecified atom stereocenters. The highest BCUT2D eigenvalue weighted by Gasteiger charge is 2.22. The van der Waals surface area contributed by atoms with Crippen LogP contribution in [0, 0.1) is 0 Å². The van der Waals surface area contributed by atoms with Crippen LogP contribution >= 0.6 is 11.6 Å². The zero-order chi connectivity index (χ0) is 8.97. The third-order valence-electron chi connectivity index (χ3n) is 2.20. The van der Waals surface area contributed by atoms with Gasteiger partial charge in [-0.15, -0.1) is 11.6 Å². The van der Waals surface area contributed by atoms with Crippen molar-refractivity contribution >= 4 is 17.6 Å². The Morgan fingerprint density at radius 3 is 2.67 bits per heavy atom. The van der Waals surface area contributed by atoms with Crippen molar-refractivity contribution in [3.05, 3.63) is 0 Å². The van der Waals surface area contributed by atoms with Crippen molar-refractivity contribution < 1.29 is 9.53 Å². The zero-order valence-electron chi connectivity index (χ0n) is 7.38. The van der Waals surface area contributed by atoms with Crippen LogP contribution in [0.1, 0.15) is 39.0 Å².